The number of hydrogen-bond acceptors (Lipinski definition) is 5. The van der Waals surface area contributed by atoms with E-state index in [0.717, 1.165) is 5.03 Å². The minimum absolute atomic E-state index is 0.353. The van der Waals surface area contributed by atoms with Gasteiger partial charge in [-0.15, -0.1) is 11.8 Å². The maximum absolute atomic E-state index is 8.74. The molecule has 0 bridgehead atoms. The second kappa shape index (κ2) is 3.27. The molecule has 0 N–H and O–H groups in total. The van der Waals surface area contributed by atoms with E-state index in [-0.39, 0.29) is 0 Å². The number of nitrogens with zero attached hydrogens (tertiary/aromatic N) is 5. The van der Waals surface area contributed by atoms with Crippen LogP contribution in [0.5, 0.6) is 0 Å². The van der Waals surface area contributed by atoms with Gasteiger partial charge in [0.2, 0.25) is 0 Å². The lowest BCUT2D eigenvalue weighted by molar-refractivity contribution is 0.892. The highest BCUT2D eigenvalue weighted by atomic mass is 32.2. The van der Waals surface area contributed by atoms with Gasteiger partial charge >= 0.3 is 0 Å². The molecule has 0 fully saturated rings. The standard InChI is InChI=1S/C8H7N5S/c1-5-10-7-8(14-2)11-6(3-9)4-13(7)12-5/h4H,1-2H3. The van der Waals surface area contributed by atoms with Crippen molar-refractivity contribution in [3.8, 4) is 6.07 Å². The average molecular weight is 205 g/mol. The molecule has 14 heavy (non-hydrogen) atoms. The molecule has 5 nitrogen and oxygen atoms in total. The van der Waals surface area contributed by atoms with Crippen LogP contribution in [-0.4, -0.2) is 25.8 Å². The summed E-state index contributed by atoms with van der Waals surface area (Å²) in [5.41, 5.74) is 1.06. The van der Waals surface area contributed by atoms with Crippen molar-refractivity contribution >= 4 is 17.4 Å². The molecule has 2 heterocycles. The molecule has 2 rings (SSSR count). The molecule has 0 aromatic carbocycles. The van der Waals surface area contributed by atoms with Gasteiger partial charge in [0.05, 0.1) is 6.20 Å². The summed E-state index contributed by atoms with van der Waals surface area (Å²) in [5.74, 6) is 0.678. The molecule has 6 heteroatoms. The van der Waals surface area contributed by atoms with Gasteiger partial charge in [-0.3, -0.25) is 0 Å². The summed E-state index contributed by atoms with van der Waals surface area (Å²) in [5, 5.41) is 13.6. The van der Waals surface area contributed by atoms with Gasteiger partial charge in [0.25, 0.3) is 0 Å². The highest BCUT2D eigenvalue weighted by molar-refractivity contribution is 7.98. The number of hydrogen-bond donors (Lipinski definition) is 0. The van der Waals surface area contributed by atoms with Gasteiger partial charge in [0.15, 0.2) is 11.3 Å². The van der Waals surface area contributed by atoms with Crippen molar-refractivity contribution in [2.75, 3.05) is 6.26 Å². The molecular formula is C8H7N5S. The Morgan fingerprint density at radius 2 is 2.29 bits per heavy atom. The zero-order chi connectivity index (χ0) is 10.1. The van der Waals surface area contributed by atoms with Gasteiger partial charge in [-0.1, -0.05) is 0 Å². The topological polar surface area (TPSA) is 66.9 Å². The first-order chi connectivity index (χ1) is 6.74. The van der Waals surface area contributed by atoms with Gasteiger partial charge in [0, 0.05) is 0 Å². The third-order valence-electron chi connectivity index (χ3n) is 1.70. The molecule has 0 amide bonds. The van der Waals surface area contributed by atoms with Crippen molar-refractivity contribution in [1.82, 2.24) is 19.6 Å². The smallest absolute Gasteiger partial charge is 0.188 e. The Balaban J connectivity index is 2.80. The molecule has 0 atom stereocenters. The van der Waals surface area contributed by atoms with Gasteiger partial charge in [0.1, 0.15) is 16.9 Å². The normalized spacial score (nSPS) is 10.4. The summed E-state index contributed by atoms with van der Waals surface area (Å²) in [6.45, 7) is 1.81. The van der Waals surface area contributed by atoms with Crippen LogP contribution < -0.4 is 0 Å². The fourth-order valence-electron chi connectivity index (χ4n) is 1.16. The summed E-state index contributed by atoms with van der Waals surface area (Å²) < 4.78 is 1.59. The minimum atomic E-state index is 0.353. The van der Waals surface area contributed by atoms with Gasteiger partial charge in [-0.2, -0.15) is 10.4 Å². The lowest BCUT2D eigenvalue weighted by Crippen LogP contribution is -1.95. The quantitative estimate of drug-likeness (QED) is 0.650. The Labute approximate surface area is 84.8 Å². The summed E-state index contributed by atoms with van der Waals surface area (Å²) in [6.07, 6.45) is 3.47. The van der Waals surface area contributed by atoms with Gasteiger partial charge < -0.3 is 0 Å². The fraction of sp³-hybridized carbons (Fsp3) is 0.250. The van der Waals surface area contributed by atoms with Crippen LogP contribution in [0.4, 0.5) is 0 Å². The number of thioether (sulfide) groups is 1. The van der Waals surface area contributed by atoms with Crippen molar-refractivity contribution in [2.45, 2.75) is 11.9 Å². The molecule has 0 aliphatic heterocycles. The van der Waals surface area contributed by atoms with E-state index < -0.39 is 0 Å². The summed E-state index contributed by atoms with van der Waals surface area (Å²) >= 11 is 1.46. The Kier molecular flexibility index (Phi) is 2.09. The first kappa shape index (κ1) is 8.97. The van der Waals surface area contributed by atoms with Crippen molar-refractivity contribution in [2.24, 2.45) is 0 Å². The monoisotopic (exact) mass is 205 g/mol. The van der Waals surface area contributed by atoms with Crippen molar-refractivity contribution in [1.29, 1.82) is 5.26 Å². The lowest BCUT2D eigenvalue weighted by Gasteiger charge is -1.97. The molecule has 0 aliphatic rings. The average Bonchev–Trinajstić information content (AvgIpc) is 2.56. The lowest BCUT2D eigenvalue weighted by atomic mass is 10.5. The zero-order valence-corrected chi connectivity index (χ0v) is 8.54. The van der Waals surface area contributed by atoms with Crippen LogP contribution in [-0.2, 0) is 0 Å². The minimum Gasteiger partial charge on any atom is -0.225 e. The SMILES string of the molecule is CSc1nc(C#N)cn2nc(C)nc12. The van der Waals surface area contributed by atoms with E-state index in [2.05, 4.69) is 15.1 Å². The van der Waals surface area contributed by atoms with Crippen LogP contribution in [0.3, 0.4) is 0 Å². The predicted octanol–water partition coefficient (Wildman–Crippen LogP) is 1.03. The van der Waals surface area contributed by atoms with E-state index in [4.69, 9.17) is 5.26 Å². The number of aromatic nitrogens is 4. The third-order valence-corrected chi connectivity index (χ3v) is 2.36. The molecule has 0 saturated heterocycles. The molecule has 0 saturated carbocycles. The molecule has 0 radical (unpaired) electrons. The Bertz CT molecular complexity index is 524. The Hall–Kier alpha value is -1.61. The third kappa shape index (κ3) is 1.32. The van der Waals surface area contributed by atoms with E-state index >= 15 is 0 Å². The summed E-state index contributed by atoms with van der Waals surface area (Å²) in [4.78, 5) is 8.35. The second-order valence-corrected chi connectivity index (χ2v) is 3.47. The number of aryl methyl sites for hydroxylation is 1. The first-order valence-electron chi connectivity index (χ1n) is 3.92. The van der Waals surface area contributed by atoms with Crippen molar-refractivity contribution in [3.05, 3.63) is 17.7 Å². The van der Waals surface area contributed by atoms with E-state index in [1.807, 2.05) is 19.2 Å². The van der Waals surface area contributed by atoms with Crippen LogP contribution in [0, 0.1) is 18.3 Å². The van der Waals surface area contributed by atoms with E-state index in [1.165, 1.54) is 11.8 Å². The molecule has 0 unspecified atom stereocenters. The highest BCUT2D eigenvalue weighted by Gasteiger charge is 2.08. The largest absolute Gasteiger partial charge is 0.225 e. The van der Waals surface area contributed by atoms with E-state index in [1.54, 1.807) is 10.7 Å². The Morgan fingerprint density at radius 1 is 1.50 bits per heavy atom. The predicted molar refractivity (Wildman–Crippen MR) is 52.0 cm³/mol. The first-order valence-corrected chi connectivity index (χ1v) is 5.15. The molecule has 2 aromatic rings. The Morgan fingerprint density at radius 3 is 2.93 bits per heavy atom. The number of nitriles is 1. The highest BCUT2D eigenvalue weighted by Crippen LogP contribution is 2.17. The van der Waals surface area contributed by atoms with Crippen LogP contribution >= 0.6 is 11.8 Å². The molecule has 0 spiro atoms. The van der Waals surface area contributed by atoms with Crippen molar-refractivity contribution in [3.63, 3.8) is 0 Å². The van der Waals surface area contributed by atoms with Crippen molar-refractivity contribution < 1.29 is 0 Å². The fourth-order valence-corrected chi connectivity index (χ4v) is 1.67. The van der Waals surface area contributed by atoms with Crippen LogP contribution in [0.25, 0.3) is 5.65 Å². The maximum atomic E-state index is 8.74. The molecular weight excluding hydrogens is 198 g/mol. The van der Waals surface area contributed by atoms with Crippen LogP contribution in [0.1, 0.15) is 11.5 Å². The maximum Gasteiger partial charge on any atom is 0.188 e. The zero-order valence-electron chi connectivity index (χ0n) is 7.72. The summed E-state index contributed by atoms with van der Waals surface area (Å²) in [7, 11) is 0. The van der Waals surface area contributed by atoms with E-state index in [9.17, 15) is 0 Å². The van der Waals surface area contributed by atoms with Crippen LogP contribution in [0.2, 0.25) is 0 Å². The molecule has 0 aliphatic carbocycles. The summed E-state index contributed by atoms with van der Waals surface area (Å²) in [6, 6.07) is 1.99. The van der Waals surface area contributed by atoms with Gasteiger partial charge in [-0.05, 0) is 13.2 Å². The number of fused-ring (bicyclic) bond motifs is 1. The second-order valence-electron chi connectivity index (χ2n) is 2.67. The van der Waals surface area contributed by atoms with E-state index in [0.29, 0.717) is 17.2 Å². The van der Waals surface area contributed by atoms with Crippen LogP contribution in [0.15, 0.2) is 11.2 Å². The molecule has 2 aromatic heterocycles. The number of rotatable bonds is 1. The molecule has 70 valence electrons. The van der Waals surface area contributed by atoms with Gasteiger partial charge in [-0.25, -0.2) is 14.5 Å².